The molecule has 2 aliphatic rings. The van der Waals surface area contributed by atoms with Crippen LogP contribution in [-0.4, -0.2) is 36.8 Å². The van der Waals surface area contributed by atoms with Crippen molar-refractivity contribution in [2.75, 3.05) is 13.1 Å². The molecule has 0 spiro atoms. The molecule has 2 saturated heterocycles. The Morgan fingerprint density at radius 3 is 1.56 bits per heavy atom. The lowest BCUT2D eigenvalue weighted by molar-refractivity contribution is 0.466. The molecule has 0 saturated carbocycles. The van der Waals surface area contributed by atoms with Gasteiger partial charge in [-0.3, -0.25) is 0 Å². The Kier molecular flexibility index (Phi) is 4.95. The molecule has 6 heteroatoms. The van der Waals surface area contributed by atoms with Crippen molar-refractivity contribution in [3.8, 4) is 0 Å². The van der Waals surface area contributed by atoms with Crippen LogP contribution in [0.25, 0.3) is 0 Å². The van der Waals surface area contributed by atoms with Gasteiger partial charge in [0.25, 0.3) is 0 Å². The summed E-state index contributed by atoms with van der Waals surface area (Å²) in [6.07, 6.45) is 6.87. The van der Waals surface area contributed by atoms with E-state index >= 15 is 0 Å². The summed E-state index contributed by atoms with van der Waals surface area (Å²) < 4.78 is 0. The highest BCUT2D eigenvalue weighted by atomic mass is 15.3. The molecule has 6 N–H and O–H groups in total. The van der Waals surface area contributed by atoms with Gasteiger partial charge in [0.15, 0.2) is 0 Å². The normalized spacial score (nSPS) is 31.3. The summed E-state index contributed by atoms with van der Waals surface area (Å²) in [6.45, 7) is 2.01. The summed E-state index contributed by atoms with van der Waals surface area (Å²) in [6, 6.07) is 0.323. The highest BCUT2D eigenvalue weighted by molar-refractivity contribution is 5.89. The Bertz CT molecular complexity index is 281. The zero-order chi connectivity index (χ0) is 12.8. The number of nitrogens with two attached hydrogens (primary N) is 2. The molecule has 2 fully saturated rings. The summed E-state index contributed by atoms with van der Waals surface area (Å²) in [4.78, 5) is 0. The van der Waals surface area contributed by atoms with Crippen LogP contribution in [0.15, 0.2) is 10.2 Å². The highest BCUT2D eigenvalue weighted by Crippen LogP contribution is 2.08. The molecule has 0 bridgehead atoms. The predicted octanol–water partition coefficient (Wildman–Crippen LogP) is -0.1000. The molecule has 0 aromatic rings. The van der Waals surface area contributed by atoms with Crippen LogP contribution in [0.4, 0.5) is 0 Å². The SMILES string of the molecule is NC(=NN=C(N)C1CCCCN1)C1CCCCN1. The molecule has 2 unspecified atom stereocenters. The average molecular weight is 252 g/mol. The van der Waals surface area contributed by atoms with Gasteiger partial charge >= 0.3 is 0 Å². The van der Waals surface area contributed by atoms with Crippen molar-refractivity contribution in [2.45, 2.75) is 50.6 Å². The minimum atomic E-state index is 0.162. The van der Waals surface area contributed by atoms with E-state index in [1.54, 1.807) is 0 Å². The fourth-order valence-corrected chi connectivity index (χ4v) is 2.46. The van der Waals surface area contributed by atoms with E-state index in [0.29, 0.717) is 11.7 Å². The van der Waals surface area contributed by atoms with E-state index in [9.17, 15) is 0 Å². The van der Waals surface area contributed by atoms with Crippen LogP contribution in [-0.2, 0) is 0 Å². The summed E-state index contributed by atoms with van der Waals surface area (Å²) >= 11 is 0. The summed E-state index contributed by atoms with van der Waals surface area (Å²) in [5, 5.41) is 14.8. The van der Waals surface area contributed by atoms with Crippen molar-refractivity contribution < 1.29 is 0 Å². The van der Waals surface area contributed by atoms with Gasteiger partial charge in [0.2, 0.25) is 0 Å². The van der Waals surface area contributed by atoms with Gasteiger partial charge in [0, 0.05) is 0 Å². The predicted molar refractivity (Wildman–Crippen MR) is 74.5 cm³/mol. The largest absolute Gasteiger partial charge is 0.384 e. The third kappa shape index (κ3) is 3.68. The van der Waals surface area contributed by atoms with E-state index in [4.69, 9.17) is 11.5 Å². The van der Waals surface area contributed by atoms with Crippen LogP contribution in [0.2, 0.25) is 0 Å². The van der Waals surface area contributed by atoms with Gasteiger partial charge < -0.3 is 22.1 Å². The summed E-state index contributed by atoms with van der Waals surface area (Å²) in [7, 11) is 0. The van der Waals surface area contributed by atoms with Gasteiger partial charge in [0.05, 0.1) is 12.1 Å². The Balaban J connectivity index is 1.89. The fourth-order valence-electron chi connectivity index (χ4n) is 2.46. The van der Waals surface area contributed by atoms with Crippen molar-refractivity contribution in [2.24, 2.45) is 21.7 Å². The van der Waals surface area contributed by atoms with Crippen molar-refractivity contribution in [3.63, 3.8) is 0 Å². The van der Waals surface area contributed by atoms with Crippen molar-refractivity contribution >= 4 is 11.7 Å². The third-order valence-electron chi connectivity index (χ3n) is 3.62. The first-order valence-electron chi connectivity index (χ1n) is 6.90. The van der Waals surface area contributed by atoms with Gasteiger partial charge in [-0.25, -0.2) is 0 Å². The summed E-state index contributed by atoms with van der Waals surface area (Å²) in [5.41, 5.74) is 11.9. The molecule has 0 aromatic carbocycles. The monoisotopic (exact) mass is 252 g/mol. The topological polar surface area (TPSA) is 101 Å². The third-order valence-corrected chi connectivity index (χ3v) is 3.62. The minimum absolute atomic E-state index is 0.162. The number of piperidine rings is 2. The second kappa shape index (κ2) is 6.70. The first-order chi connectivity index (χ1) is 8.77. The molecule has 2 heterocycles. The number of nitrogens with one attached hydrogen (secondary N) is 2. The molecule has 0 aromatic heterocycles. The Morgan fingerprint density at radius 1 is 0.778 bits per heavy atom. The van der Waals surface area contributed by atoms with E-state index in [-0.39, 0.29) is 12.1 Å². The molecule has 0 radical (unpaired) electrons. The van der Waals surface area contributed by atoms with Crippen molar-refractivity contribution in [3.05, 3.63) is 0 Å². The lowest BCUT2D eigenvalue weighted by atomic mass is 10.0. The van der Waals surface area contributed by atoms with Crippen LogP contribution in [0.1, 0.15) is 38.5 Å². The Hall–Kier alpha value is -1.14. The molecule has 0 aliphatic carbocycles. The van der Waals surface area contributed by atoms with Crippen LogP contribution < -0.4 is 22.1 Å². The molecule has 2 rings (SSSR count). The van der Waals surface area contributed by atoms with E-state index in [2.05, 4.69) is 20.8 Å². The lowest BCUT2D eigenvalue weighted by Crippen LogP contribution is -2.45. The number of amidine groups is 2. The molecular formula is C12H24N6. The molecule has 2 atom stereocenters. The van der Waals surface area contributed by atoms with Crippen LogP contribution in [0.5, 0.6) is 0 Å². The van der Waals surface area contributed by atoms with Crippen molar-refractivity contribution in [1.29, 1.82) is 0 Å². The highest BCUT2D eigenvalue weighted by Gasteiger charge is 2.18. The van der Waals surface area contributed by atoms with Gasteiger partial charge in [-0.1, -0.05) is 12.8 Å². The first kappa shape index (κ1) is 13.3. The molecular weight excluding hydrogens is 228 g/mol. The first-order valence-corrected chi connectivity index (χ1v) is 6.90. The Morgan fingerprint density at radius 2 is 1.22 bits per heavy atom. The second-order valence-corrected chi connectivity index (χ2v) is 5.05. The van der Waals surface area contributed by atoms with Crippen LogP contribution in [0.3, 0.4) is 0 Å². The van der Waals surface area contributed by atoms with Gasteiger partial charge in [0.1, 0.15) is 11.7 Å². The minimum Gasteiger partial charge on any atom is -0.384 e. The van der Waals surface area contributed by atoms with E-state index in [1.807, 2.05) is 0 Å². The maximum atomic E-state index is 5.93. The number of rotatable bonds is 3. The van der Waals surface area contributed by atoms with Crippen molar-refractivity contribution in [1.82, 2.24) is 10.6 Å². The lowest BCUT2D eigenvalue weighted by Gasteiger charge is -2.23. The Labute approximate surface area is 108 Å². The maximum absolute atomic E-state index is 5.93. The number of hydrogen-bond acceptors (Lipinski definition) is 4. The van der Waals surface area contributed by atoms with E-state index in [1.165, 1.54) is 25.7 Å². The fraction of sp³-hybridized carbons (Fsp3) is 0.833. The standard InChI is InChI=1S/C12H24N6/c13-11(9-5-1-3-7-15-9)17-18-12(14)10-6-2-4-8-16-10/h9-10,15-16H,1-8H2,(H2,13,17)(H2,14,18). The molecule has 2 aliphatic heterocycles. The number of nitrogens with zero attached hydrogens (tertiary/aromatic N) is 2. The van der Waals surface area contributed by atoms with Gasteiger partial charge in [-0.05, 0) is 38.8 Å². The quantitative estimate of drug-likeness (QED) is 0.320. The summed E-state index contributed by atoms with van der Waals surface area (Å²) in [5.74, 6) is 1.10. The van der Waals surface area contributed by atoms with Crippen LogP contribution in [0, 0.1) is 0 Å². The molecule has 0 amide bonds. The van der Waals surface area contributed by atoms with E-state index < -0.39 is 0 Å². The molecule has 102 valence electrons. The van der Waals surface area contributed by atoms with Gasteiger partial charge in [-0.15, -0.1) is 10.2 Å². The molecule has 6 nitrogen and oxygen atoms in total. The second-order valence-electron chi connectivity index (χ2n) is 5.05. The average Bonchev–Trinajstić information content (AvgIpc) is 2.46. The zero-order valence-corrected chi connectivity index (χ0v) is 10.9. The smallest absolute Gasteiger partial charge is 0.139 e. The zero-order valence-electron chi connectivity index (χ0n) is 10.9. The van der Waals surface area contributed by atoms with Crippen LogP contribution >= 0.6 is 0 Å². The molecule has 18 heavy (non-hydrogen) atoms. The maximum Gasteiger partial charge on any atom is 0.139 e. The van der Waals surface area contributed by atoms with Gasteiger partial charge in [-0.2, -0.15) is 0 Å². The number of hydrogen-bond donors (Lipinski definition) is 4. The van der Waals surface area contributed by atoms with E-state index in [0.717, 1.165) is 25.9 Å².